The summed E-state index contributed by atoms with van der Waals surface area (Å²) in [6, 6.07) is 13.1. The zero-order valence-electron chi connectivity index (χ0n) is 19.6. The Labute approximate surface area is 231 Å². The lowest BCUT2D eigenvalue weighted by Gasteiger charge is -2.34. The molecule has 1 aliphatic heterocycles. The van der Waals surface area contributed by atoms with Gasteiger partial charge in [-0.05, 0) is 36.4 Å². The van der Waals surface area contributed by atoms with Crippen molar-refractivity contribution in [3.63, 3.8) is 0 Å². The van der Waals surface area contributed by atoms with Crippen LogP contribution in [-0.4, -0.2) is 62.5 Å². The van der Waals surface area contributed by atoms with E-state index in [0.29, 0.717) is 16.3 Å². The molecule has 0 saturated carbocycles. The molecule has 0 aliphatic carbocycles. The van der Waals surface area contributed by atoms with Crippen LogP contribution >= 0.6 is 38.9 Å². The SMILES string of the molecule is CN(Cc1scc(C(=O)N2CC(C(=O)NCCO)Oc3ccccc32)c1Cl)S(=O)(=O)c1ccc(Br)cc1. The Hall–Kier alpha value is -2.48. The van der Waals surface area contributed by atoms with Gasteiger partial charge in [0.15, 0.2) is 6.10 Å². The molecule has 0 fully saturated rings. The second kappa shape index (κ2) is 11.5. The number of anilines is 1. The largest absolute Gasteiger partial charge is 0.477 e. The van der Waals surface area contributed by atoms with E-state index in [9.17, 15) is 18.0 Å². The van der Waals surface area contributed by atoms with E-state index in [4.69, 9.17) is 21.4 Å². The fourth-order valence-corrected chi connectivity index (χ4v) is 6.55. The number of hydrogen-bond acceptors (Lipinski definition) is 7. The smallest absolute Gasteiger partial charge is 0.263 e. The molecule has 1 aromatic heterocycles. The number of benzene rings is 2. The topological polar surface area (TPSA) is 116 Å². The van der Waals surface area contributed by atoms with Crippen molar-refractivity contribution in [2.45, 2.75) is 17.5 Å². The summed E-state index contributed by atoms with van der Waals surface area (Å²) in [6.07, 6.45) is -0.982. The van der Waals surface area contributed by atoms with Crippen LogP contribution in [0.2, 0.25) is 5.02 Å². The van der Waals surface area contributed by atoms with Gasteiger partial charge in [0.2, 0.25) is 10.0 Å². The first-order valence-electron chi connectivity index (χ1n) is 11.1. The second-order valence-electron chi connectivity index (χ2n) is 8.11. The Balaban J connectivity index is 1.57. The van der Waals surface area contributed by atoms with Crippen LogP contribution in [0.1, 0.15) is 15.2 Å². The molecule has 1 aliphatic rings. The van der Waals surface area contributed by atoms with Crippen molar-refractivity contribution >= 4 is 66.4 Å². The molecular weight excluding hydrogens is 606 g/mol. The molecule has 0 bridgehead atoms. The number of ether oxygens (including phenoxy) is 1. The summed E-state index contributed by atoms with van der Waals surface area (Å²) in [4.78, 5) is 28.2. The average molecular weight is 629 g/mol. The summed E-state index contributed by atoms with van der Waals surface area (Å²) in [5, 5.41) is 13.3. The molecule has 1 unspecified atom stereocenters. The number of nitrogens with one attached hydrogen (secondary N) is 1. The van der Waals surface area contributed by atoms with Crippen LogP contribution in [0.15, 0.2) is 63.3 Å². The highest BCUT2D eigenvalue weighted by molar-refractivity contribution is 9.10. The minimum atomic E-state index is -3.78. The number of halogens is 2. The fraction of sp³-hybridized carbons (Fsp3) is 0.250. The maximum Gasteiger partial charge on any atom is 0.263 e. The van der Waals surface area contributed by atoms with Gasteiger partial charge >= 0.3 is 0 Å². The van der Waals surface area contributed by atoms with Crippen LogP contribution in [-0.2, 0) is 21.4 Å². The number of rotatable bonds is 8. The summed E-state index contributed by atoms with van der Waals surface area (Å²) in [6.45, 7) is -0.255. The summed E-state index contributed by atoms with van der Waals surface area (Å²) in [5.41, 5.74) is 0.680. The van der Waals surface area contributed by atoms with Gasteiger partial charge in [0, 0.05) is 34.9 Å². The van der Waals surface area contributed by atoms with Gasteiger partial charge in [-0.25, -0.2) is 8.42 Å². The Morgan fingerprint density at radius 1 is 1.24 bits per heavy atom. The predicted octanol–water partition coefficient (Wildman–Crippen LogP) is 3.50. The van der Waals surface area contributed by atoms with Crippen molar-refractivity contribution in [3.8, 4) is 5.75 Å². The second-order valence-corrected chi connectivity index (χ2v) is 12.4. The molecule has 2 N–H and O–H groups in total. The number of aliphatic hydroxyl groups excluding tert-OH is 1. The lowest BCUT2D eigenvalue weighted by molar-refractivity contribution is -0.127. The molecule has 0 radical (unpaired) electrons. The Morgan fingerprint density at radius 2 is 1.95 bits per heavy atom. The zero-order chi connectivity index (χ0) is 26.7. The van der Waals surface area contributed by atoms with E-state index < -0.39 is 27.9 Å². The summed E-state index contributed by atoms with van der Waals surface area (Å²) < 4.78 is 33.7. The van der Waals surface area contributed by atoms with Gasteiger partial charge in [-0.2, -0.15) is 4.31 Å². The van der Waals surface area contributed by atoms with E-state index in [1.807, 2.05) is 0 Å². The number of hydrogen-bond donors (Lipinski definition) is 2. The van der Waals surface area contributed by atoms with Crippen molar-refractivity contribution in [1.29, 1.82) is 0 Å². The van der Waals surface area contributed by atoms with E-state index >= 15 is 0 Å². The fourth-order valence-electron chi connectivity index (χ4n) is 3.71. The highest BCUT2D eigenvalue weighted by Gasteiger charge is 2.35. The van der Waals surface area contributed by atoms with Gasteiger partial charge in [-0.1, -0.05) is 39.7 Å². The van der Waals surface area contributed by atoms with E-state index in [1.165, 1.54) is 39.7 Å². The molecule has 2 heterocycles. The first-order valence-corrected chi connectivity index (χ1v) is 14.6. The van der Waals surface area contributed by atoms with Crippen molar-refractivity contribution in [1.82, 2.24) is 9.62 Å². The third-order valence-corrected chi connectivity index (χ3v) is 9.50. The van der Waals surface area contributed by atoms with Crippen LogP contribution in [0.4, 0.5) is 5.69 Å². The summed E-state index contributed by atoms with van der Waals surface area (Å²) in [5.74, 6) is -0.544. The number of amides is 2. The number of fused-ring (bicyclic) bond motifs is 1. The van der Waals surface area contributed by atoms with Crippen molar-refractivity contribution in [2.75, 3.05) is 31.6 Å². The van der Waals surface area contributed by atoms with Gasteiger partial charge in [0.25, 0.3) is 11.8 Å². The molecule has 2 amide bonds. The normalized spacial score (nSPS) is 15.3. The summed E-state index contributed by atoms with van der Waals surface area (Å²) in [7, 11) is -2.33. The zero-order valence-corrected chi connectivity index (χ0v) is 23.5. The molecule has 0 saturated heterocycles. The van der Waals surface area contributed by atoms with Gasteiger partial charge in [0.05, 0.1) is 34.3 Å². The molecule has 1 atom stereocenters. The molecule has 196 valence electrons. The lowest BCUT2D eigenvalue weighted by atomic mass is 10.1. The van der Waals surface area contributed by atoms with Crippen molar-refractivity contribution in [2.24, 2.45) is 0 Å². The minimum Gasteiger partial charge on any atom is -0.477 e. The molecule has 9 nitrogen and oxygen atoms in total. The maximum atomic E-state index is 13.6. The van der Waals surface area contributed by atoms with Crippen LogP contribution in [0.3, 0.4) is 0 Å². The van der Waals surface area contributed by atoms with Crippen molar-refractivity contribution < 1.29 is 27.9 Å². The van der Waals surface area contributed by atoms with Gasteiger partial charge in [-0.3, -0.25) is 9.59 Å². The average Bonchev–Trinajstić information content (AvgIpc) is 3.25. The molecule has 4 rings (SSSR count). The number of carbonyl (C=O) groups excluding carboxylic acids is 2. The molecule has 37 heavy (non-hydrogen) atoms. The third kappa shape index (κ3) is 5.84. The van der Waals surface area contributed by atoms with Gasteiger partial charge < -0.3 is 20.1 Å². The predicted molar refractivity (Wildman–Crippen MR) is 145 cm³/mol. The molecule has 3 aromatic rings. The third-order valence-electron chi connectivity index (χ3n) is 5.64. The highest BCUT2D eigenvalue weighted by atomic mass is 79.9. The van der Waals surface area contributed by atoms with Crippen LogP contribution in [0.25, 0.3) is 0 Å². The number of sulfonamides is 1. The standard InChI is InChI=1S/C24H23BrClN3O6S2/c1-28(37(33,34)16-8-6-15(25)7-9-16)13-21-22(26)17(14-36-21)24(32)29-12-20(23(31)27-10-11-30)35-19-5-3-2-4-18(19)29/h2-9,14,20,30H,10-13H2,1H3,(H,27,31). The van der Waals surface area contributed by atoms with E-state index in [1.54, 1.807) is 41.8 Å². The number of para-hydroxylation sites is 2. The van der Waals surface area contributed by atoms with E-state index in [0.717, 1.165) is 4.47 Å². The van der Waals surface area contributed by atoms with Crippen LogP contribution in [0, 0.1) is 0 Å². The van der Waals surface area contributed by atoms with Gasteiger partial charge in [0.1, 0.15) is 5.75 Å². The lowest BCUT2D eigenvalue weighted by Crippen LogP contribution is -2.51. The van der Waals surface area contributed by atoms with E-state index in [2.05, 4.69) is 21.2 Å². The molecular formula is C24H23BrClN3O6S2. The first-order chi connectivity index (χ1) is 17.6. The molecule has 13 heteroatoms. The number of aliphatic hydroxyl groups is 1. The summed E-state index contributed by atoms with van der Waals surface area (Å²) >= 11 is 11.1. The monoisotopic (exact) mass is 627 g/mol. The van der Waals surface area contributed by atoms with Crippen LogP contribution < -0.4 is 15.0 Å². The first kappa shape index (κ1) is 27.6. The minimum absolute atomic E-state index is 0.0267. The maximum absolute atomic E-state index is 13.6. The van der Waals surface area contributed by atoms with Gasteiger partial charge in [-0.15, -0.1) is 11.3 Å². The quantitative estimate of drug-likeness (QED) is 0.395. The van der Waals surface area contributed by atoms with Crippen LogP contribution in [0.5, 0.6) is 5.75 Å². The number of thiophene rings is 1. The molecule has 2 aromatic carbocycles. The Bertz CT molecular complexity index is 1410. The Kier molecular flexibility index (Phi) is 8.56. The molecule has 0 spiro atoms. The van der Waals surface area contributed by atoms with Crippen molar-refractivity contribution in [3.05, 3.63) is 73.8 Å². The van der Waals surface area contributed by atoms with E-state index in [-0.39, 0.29) is 41.7 Å². The number of carbonyl (C=O) groups is 2. The Morgan fingerprint density at radius 3 is 2.65 bits per heavy atom. The highest BCUT2D eigenvalue weighted by Crippen LogP contribution is 2.37. The number of nitrogens with zero attached hydrogens (tertiary/aromatic N) is 2.